The maximum Gasteiger partial charge on any atom is 0.0711 e. The van der Waals surface area contributed by atoms with Crippen LogP contribution < -0.4 is 5.84 Å². The number of nitrogens with two attached hydrogens (primary N) is 1. The molecule has 1 aromatic rings. The Labute approximate surface area is 83.4 Å². The second-order valence-electron chi connectivity index (χ2n) is 3.92. The molecule has 0 spiro atoms. The lowest BCUT2D eigenvalue weighted by molar-refractivity contribution is 0.744. The van der Waals surface area contributed by atoms with E-state index in [0.29, 0.717) is 0 Å². The van der Waals surface area contributed by atoms with E-state index in [0.717, 1.165) is 11.4 Å². The first-order valence-corrected chi connectivity index (χ1v) is 4.58. The molecule has 0 atom stereocenters. The first kappa shape index (κ1) is 8.94. The van der Waals surface area contributed by atoms with Gasteiger partial charge in [-0.1, -0.05) is 32.0 Å². The van der Waals surface area contributed by atoms with E-state index in [1.54, 1.807) is 6.21 Å². The fourth-order valence-electron chi connectivity index (χ4n) is 1.77. The molecule has 3 heteroatoms. The Hall–Kier alpha value is -1.64. The van der Waals surface area contributed by atoms with Gasteiger partial charge < -0.3 is 5.84 Å². The quantitative estimate of drug-likeness (QED) is 0.408. The molecule has 0 aliphatic carbocycles. The summed E-state index contributed by atoms with van der Waals surface area (Å²) in [5.74, 6) is 5.15. The molecule has 14 heavy (non-hydrogen) atoms. The molecular weight excluding hydrogens is 174 g/mol. The minimum absolute atomic E-state index is 0.0839. The molecule has 2 rings (SSSR count). The van der Waals surface area contributed by atoms with E-state index in [1.807, 2.05) is 18.2 Å². The first-order chi connectivity index (χ1) is 6.66. The highest BCUT2D eigenvalue weighted by atomic mass is 15.1. The molecular formula is C11H13N3. The number of rotatable bonds is 1. The Morgan fingerprint density at radius 3 is 2.71 bits per heavy atom. The van der Waals surface area contributed by atoms with E-state index in [9.17, 15) is 0 Å². The van der Waals surface area contributed by atoms with Crippen LogP contribution in [0, 0.1) is 0 Å². The second kappa shape index (κ2) is 2.94. The van der Waals surface area contributed by atoms with Crippen LogP contribution in [0.5, 0.6) is 0 Å². The zero-order valence-electron chi connectivity index (χ0n) is 8.36. The van der Waals surface area contributed by atoms with Crippen LogP contribution >= 0.6 is 0 Å². The normalized spacial score (nSPS) is 18.3. The summed E-state index contributed by atoms with van der Waals surface area (Å²) in [6, 6.07) is 8.12. The summed E-state index contributed by atoms with van der Waals surface area (Å²) >= 11 is 0. The first-order valence-electron chi connectivity index (χ1n) is 4.58. The molecule has 0 aromatic heterocycles. The number of hydrazone groups is 1. The third kappa shape index (κ3) is 1.13. The fraction of sp³-hybridized carbons (Fsp3) is 0.273. The summed E-state index contributed by atoms with van der Waals surface area (Å²) in [5.41, 5.74) is 3.09. The third-order valence-corrected chi connectivity index (χ3v) is 2.66. The van der Waals surface area contributed by atoms with Gasteiger partial charge in [0, 0.05) is 5.41 Å². The smallest absolute Gasteiger partial charge is 0.0711 e. The topological polar surface area (TPSA) is 50.7 Å². The van der Waals surface area contributed by atoms with Crippen LogP contribution in [-0.2, 0) is 5.41 Å². The molecule has 0 fully saturated rings. The molecule has 0 bridgehead atoms. The lowest BCUT2D eigenvalue weighted by atomic mass is 9.82. The van der Waals surface area contributed by atoms with E-state index < -0.39 is 0 Å². The maximum atomic E-state index is 5.15. The third-order valence-electron chi connectivity index (χ3n) is 2.66. The summed E-state index contributed by atoms with van der Waals surface area (Å²) in [6.45, 7) is 4.25. The number of hydrogen-bond acceptors (Lipinski definition) is 3. The van der Waals surface area contributed by atoms with Crippen LogP contribution in [0.25, 0.3) is 0 Å². The van der Waals surface area contributed by atoms with Gasteiger partial charge in [-0.05, 0) is 11.6 Å². The highest BCUT2D eigenvalue weighted by Gasteiger charge is 2.33. The number of benzene rings is 1. The molecule has 2 N–H and O–H groups in total. The molecule has 1 heterocycles. The predicted molar refractivity (Wildman–Crippen MR) is 59.2 cm³/mol. The van der Waals surface area contributed by atoms with E-state index in [1.165, 1.54) is 5.56 Å². The van der Waals surface area contributed by atoms with Crippen LogP contribution in [0.2, 0.25) is 0 Å². The van der Waals surface area contributed by atoms with Gasteiger partial charge >= 0.3 is 0 Å². The summed E-state index contributed by atoms with van der Waals surface area (Å²) in [5, 5.41) is 3.54. The van der Waals surface area contributed by atoms with Crippen molar-refractivity contribution in [2.75, 3.05) is 0 Å². The van der Waals surface area contributed by atoms with Crippen LogP contribution in [0.1, 0.15) is 19.4 Å². The average molecular weight is 187 g/mol. The molecule has 1 aliphatic heterocycles. The molecule has 0 radical (unpaired) electrons. The lowest BCUT2D eigenvalue weighted by Crippen LogP contribution is -2.26. The lowest BCUT2D eigenvalue weighted by Gasteiger charge is -2.19. The van der Waals surface area contributed by atoms with Gasteiger partial charge in [0.1, 0.15) is 0 Å². The van der Waals surface area contributed by atoms with Crippen molar-refractivity contribution in [2.24, 2.45) is 15.9 Å². The van der Waals surface area contributed by atoms with E-state index in [4.69, 9.17) is 5.84 Å². The number of hydrogen-bond donors (Lipinski definition) is 1. The highest BCUT2D eigenvalue weighted by molar-refractivity contribution is 6.36. The van der Waals surface area contributed by atoms with Crippen molar-refractivity contribution in [3.05, 3.63) is 29.8 Å². The van der Waals surface area contributed by atoms with E-state index in [2.05, 4.69) is 30.0 Å². The monoisotopic (exact) mass is 187 g/mol. The molecule has 72 valence electrons. The van der Waals surface area contributed by atoms with Gasteiger partial charge in [-0.2, -0.15) is 5.10 Å². The summed E-state index contributed by atoms with van der Waals surface area (Å²) in [6.07, 6.45) is 1.62. The fourth-order valence-corrected chi connectivity index (χ4v) is 1.77. The molecule has 0 saturated carbocycles. The predicted octanol–water partition coefficient (Wildman–Crippen LogP) is 1.99. The molecule has 3 nitrogen and oxygen atoms in total. The molecule has 0 amide bonds. The van der Waals surface area contributed by atoms with Crippen molar-refractivity contribution in [1.82, 2.24) is 0 Å². The van der Waals surface area contributed by atoms with Gasteiger partial charge in [-0.3, -0.25) is 4.99 Å². The van der Waals surface area contributed by atoms with Crippen LogP contribution in [0.3, 0.4) is 0 Å². The number of para-hydroxylation sites is 1. The second-order valence-corrected chi connectivity index (χ2v) is 3.92. The van der Waals surface area contributed by atoms with Gasteiger partial charge in [0.2, 0.25) is 0 Å². The Bertz CT molecular complexity index is 416. The minimum atomic E-state index is -0.0839. The maximum absolute atomic E-state index is 5.15. The minimum Gasteiger partial charge on any atom is -0.323 e. The Morgan fingerprint density at radius 2 is 2.07 bits per heavy atom. The SMILES string of the molecule is CC1(C)C(/C=N/N)=Nc2ccccc21. The average Bonchev–Trinajstić information content (AvgIpc) is 2.41. The standard InChI is InChI=1S/C11H13N3/c1-11(2)8-5-3-4-6-9(8)14-10(11)7-13-12/h3-7H,12H2,1-2H3/b13-7+. The number of aliphatic imine (C=N–C) groups is 1. The Kier molecular flexibility index (Phi) is 1.88. The van der Waals surface area contributed by atoms with Crippen LogP contribution in [-0.4, -0.2) is 11.9 Å². The van der Waals surface area contributed by atoms with Crippen molar-refractivity contribution in [2.45, 2.75) is 19.3 Å². The summed E-state index contributed by atoms with van der Waals surface area (Å²) in [7, 11) is 0. The van der Waals surface area contributed by atoms with Crippen molar-refractivity contribution in [1.29, 1.82) is 0 Å². The Morgan fingerprint density at radius 1 is 1.36 bits per heavy atom. The van der Waals surface area contributed by atoms with Gasteiger partial charge in [0.25, 0.3) is 0 Å². The van der Waals surface area contributed by atoms with Crippen molar-refractivity contribution in [3.8, 4) is 0 Å². The molecule has 1 aliphatic rings. The molecule has 1 aromatic carbocycles. The molecule has 0 saturated heterocycles. The highest BCUT2D eigenvalue weighted by Crippen LogP contribution is 2.38. The van der Waals surface area contributed by atoms with E-state index >= 15 is 0 Å². The number of nitrogens with zero attached hydrogens (tertiary/aromatic N) is 2. The van der Waals surface area contributed by atoms with Gasteiger partial charge in [0.05, 0.1) is 17.6 Å². The van der Waals surface area contributed by atoms with Crippen LogP contribution in [0.15, 0.2) is 34.4 Å². The zero-order chi connectivity index (χ0) is 10.2. The summed E-state index contributed by atoms with van der Waals surface area (Å²) in [4.78, 5) is 4.48. The number of fused-ring (bicyclic) bond motifs is 1. The van der Waals surface area contributed by atoms with Crippen molar-refractivity contribution < 1.29 is 0 Å². The van der Waals surface area contributed by atoms with Crippen molar-refractivity contribution in [3.63, 3.8) is 0 Å². The largest absolute Gasteiger partial charge is 0.323 e. The Balaban J connectivity index is 2.56. The zero-order valence-corrected chi connectivity index (χ0v) is 8.36. The molecule has 0 unspecified atom stereocenters. The van der Waals surface area contributed by atoms with Crippen molar-refractivity contribution >= 4 is 17.6 Å². The van der Waals surface area contributed by atoms with Gasteiger partial charge in [0.15, 0.2) is 0 Å². The van der Waals surface area contributed by atoms with Gasteiger partial charge in [-0.15, -0.1) is 0 Å². The summed E-state index contributed by atoms with van der Waals surface area (Å²) < 4.78 is 0. The van der Waals surface area contributed by atoms with E-state index in [-0.39, 0.29) is 5.41 Å². The van der Waals surface area contributed by atoms with Gasteiger partial charge in [-0.25, -0.2) is 0 Å². The van der Waals surface area contributed by atoms with Crippen LogP contribution in [0.4, 0.5) is 5.69 Å².